The summed E-state index contributed by atoms with van der Waals surface area (Å²) in [5.41, 5.74) is 0.987. The minimum absolute atomic E-state index is 0.298. The molecule has 1 amide bonds. The average molecular weight is 359 g/mol. The third-order valence-electron chi connectivity index (χ3n) is 4.72. The van der Waals surface area contributed by atoms with Gasteiger partial charge in [-0.1, -0.05) is 36.8 Å². The van der Waals surface area contributed by atoms with E-state index < -0.39 is 0 Å². The van der Waals surface area contributed by atoms with E-state index in [0.717, 1.165) is 60.1 Å². The summed E-state index contributed by atoms with van der Waals surface area (Å²) >= 11 is 1.64. The van der Waals surface area contributed by atoms with Gasteiger partial charge in [-0.15, -0.1) is 10.2 Å². The molecule has 6 heteroatoms. The molecule has 0 atom stereocenters. The van der Waals surface area contributed by atoms with Gasteiger partial charge in [-0.3, -0.25) is 4.79 Å². The van der Waals surface area contributed by atoms with Crippen LogP contribution in [0.5, 0.6) is 5.75 Å². The molecule has 2 aromatic rings. The zero-order valence-corrected chi connectivity index (χ0v) is 15.7. The number of rotatable bonds is 6. The minimum atomic E-state index is 0.298. The molecule has 0 radical (unpaired) electrons. The van der Waals surface area contributed by atoms with E-state index in [-0.39, 0.29) is 0 Å². The van der Waals surface area contributed by atoms with Gasteiger partial charge in [0.25, 0.3) is 0 Å². The summed E-state index contributed by atoms with van der Waals surface area (Å²) in [5, 5.41) is 10.8. The van der Waals surface area contributed by atoms with Crippen molar-refractivity contribution in [2.45, 2.75) is 44.9 Å². The van der Waals surface area contributed by atoms with Crippen molar-refractivity contribution in [3.63, 3.8) is 0 Å². The topological polar surface area (TPSA) is 55.3 Å². The highest BCUT2D eigenvalue weighted by atomic mass is 32.1. The fraction of sp³-hybridized carbons (Fsp3) is 0.526. The van der Waals surface area contributed by atoms with E-state index in [1.807, 2.05) is 29.2 Å². The Morgan fingerprint density at radius 3 is 2.76 bits per heavy atom. The zero-order chi connectivity index (χ0) is 17.6. The van der Waals surface area contributed by atoms with Crippen molar-refractivity contribution in [1.29, 1.82) is 0 Å². The Kier molecular flexibility index (Phi) is 6.02. The summed E-state index contributed by atoms with van der Waals surface area (Å²) in [6.07, 6.45) is 4.67. The summed E-state index contributed by atoms with van der Waals surface area (Å²) in [5.74, 6) is 1.52. The molecule has 1 fully saturated rings. The maximum Gasteiger partial charge on any atom is 0.222 e. The van der Waals surface area contributed by atoms with Crippen LogP contribution in [-0.2, 0) is 4.79 Å². The Morgan fingerprint density at radius 2 is 2.04 bits per heavy atom. The fourth-order valence-electron chi connectivity index (χ4n) is 3.19. The number of likely N-dealkylation sites (tertiary alicyclic amines) is 1. The maximum absolute atomic E-state index is 12.1. The highest BCUT2D eigenvalue weighted by molar-refractivity contribution is 7.14. The van der Waals surface area contributed by atoms with Crippen molar-refractivity contribution in [3.05, 3.63) is 29.3 Å². The second-order valence-corrected chi connectivity index (χ2v) is 7.41. The summed E-state index contributed by atoms with van der Waals surface area (Å²) in [7, 11) is 1.67. The van der Waals surface area contributed by atoms with Gasteiger partial charge in [0.2, 0.25) is 5.91 Å². The summed E-state index contributed by atoms with van der Waals surface area (Å²) in [4.78, 5) is 14.2. The van der Waals surface area contributed by atoms with Gasteiger partial charge >= 0.3 is 0 Å². The second-order valence-electron chi connectivity index (χ2n) is 6.40. The van der Waals surface area contributed by atoms with Crippen LogP contribution in [0.2, 0.25) is 0 Å². The monoisotopic (exact) mass is 359 g/mol. The molecular weight excluding hydrogens is 334 g/mol. The largest absolute Gasteiger partial charge is 0.496 e. The van der Waals surface area contributed by atoms with Crippen molar-refractivity contribution in [1.82, 2.24) is 15.1 Å². The predicted octanol–water partition coefficient (Wildman–Crippen LogP) is 4.11. The maximum atomic E-state index is 12.1. The van der Waals surface area contributed by atoms with Crippen LogP contribution >= 0.6 is 11.3 Å². The van der Waals surface area contributed by atoms with Crippen LogP contribution in [0.1, 0.15) is 50.0 Å². The van der Waals surface area contributed by atoms with Gasteiger partial charge < -0.3 is 9.64 Å². The predicted molar refractivity (Wildman–Crippen MR) is 100.0 cm³/mol. The van der Waals surface area contributed by atoms with Gasteiger partial charge in [0.05, 0.1) is 12.7 Å². The van der Waals surface area contributed by atoms with E-state index >= 15 is 0 Å². The van der Waals surface area contributed by atoms with Crippen molar-refractivity contribution < 1.29 is 9.53 Å². The molecule has 0 unspecified atom stereocenters. The summed E-state index contributed by atoms with van der Waals surface area (Å²) in [6, 6.07) is 7.89. The van der Waals surface area contributed by atoms with Crippen LogP contribution in [0, 0.1) is 0 Å². The molecule has 0 saturated carbocycles. The molecule has 1 aliphatic heterocycles. The third-order valence-corrected chi connectivity index (χ3v) is 5.84. The van der Waals surface area contributed by atoms with Gasteiger partial charge in [-0.25, -0.2) is 0 Å². The number of nitrogens with zero attached hydrogens (tertiary/aromatic N) is 3. The van der Waals surface area contributed by atoms with Gasteiger partial charge in [0.15, 0.2) is 5.01 Å². The molecule has 1 saturated heterocycles. The Bertz CT molecular complexity index is 708. The number of amides is 1. The molecular formula is C19H25N3O2S. The van der Waals surface area contributed by atoms with Gasteiger partial charge in [-0.2, -0.15) is 0 Å². The van der Waals surface area contributed by atoms with Crippen LogP contribution in [-0.4, -0.2) is 41.2 Å². The number of benzene rings is 1. The van der Waals surface area contributed by atoms with Gasteiger partial charge in [0, 0.05) is 25.4 Å². The normalized spacial score (nSPS) is 15.4. The average Bonchev–Trinajstić information content (AvgIpc) is 3.16. The van der Waals surface area contributed by atoms with Crippen LogP contribution in [0.3, 0.4) is 0 Å². The van der Waals surface area contributed by atoms with E-state index in [1.54, 1.807) is 18.4 Å². The van der Waals surface area contributed by atoms with Crippen LogP contribution < -0.4 is 4.74 Å². The SMILES string of the molecule is CCCCC(=O)N1CCC(c2nnc(-c3ccccc3OC)s2)CC1. The van der Waals surface area contributed by atoms with Gasteiger partial charge in [0.1, 0.15) is 10.8 Å². The van der Waals surface area contributed by atoms with E-state index in [9.17, 15) is 4.79 Å². The third kappa shape index (κ3) is 4.18. The first kappa shape index (κ1) is 17.9. The molecule has 1 aliphatic rings. The molecule has 3 rings (SSSR count). The second kappa shape index (κ2) is 8.43. The van der Waals surface area contributed by atoms with E-state index in [1.165, 1.54) is 0 Å². The standard InChI is InChI=1S/C19H25N3O2S/c1-3-4-9-17(23)22-12-10-14(11-13-22)18-20-21-19(25-18)15-7-5-6-8-16(15)24-2/h5-8,14H,3-4,9-13H2,1-2H3. The number of para-hydroxylation sites is 1. The van der Waals surface area contributed by atoms with E-state index in [4.69, 9.17) is 4.74 Å². The number of methoxy groups -OCH3 is 1. The highest BCUT2D eigenvalue weighted by Gasteiger charge is 2.26. The van der Waals surface area contributed by atoms with Crippen molar-refractivity contribution in [2.24, 2.45) is 0 Å². The molecule has 0 aliphatic carbocycles. The first-order valence-corrected chi connectivity index (χ1v) is 9.79. The van der Waals surface area contributed by atoms with Gasteiger partial charge in [-0.05, 0) is 31.4 Å². The van der Waals surface area contributed by atoms with Crippen molar-refractivity contribution >= 4 is 17.2 Å². The lowest BCUT2D eigenvalue weighted by molar-refractivity contribution is -0.132. The van der Waals surface area contributed by atoms with E-state index in [0.29, 0.717) is 18.2 Å². The van der Waals surface area contributed by atoms with Crippen LogP contribution in [0.15, 0.2) is 24.3 Å². The Labute approximate surface area is 153 Å². The minimum Gasteiger partial charge on any atom is -0.496 e. The molecule has 1 aromatic carbocycles. The smallest absolute Gasteiger partial charge is 0.222 e. The number of ether oxygens (including phenoxy) is 1. The first-order valence-electron chi connectivity index (χ1n) is 8.97. The number of hydrogen-bond donors (Lipinski definition) is 0. The lowest BCUT2D eigenvalue weighted by Gasteiger charge is -2.31. The Morgan fingerprint density at radius 1 is 1.28 bits per heavy atom. The molecule has 0 N–H and O–H groups in total. The number of unbranched alkanes of at least 4 members (excludes halogenated alkanes) is 1. The molecule has 0 spiro atoms. The number of carbonyl (C=O) groups is 1. The molecule has 2 heterocycles. The summed E-state index contributed by atoms with van der Waals surface area (Å²) in [6.45, 7) is 3.78. The molecule has 1 aromatic heterocycles. The number of piperidine rings is 1. The molecule has 5 nitrogen and oxygen atoms in total. The van der Waals surface area contributed by atoms with E-state index in [2.05, 4.69) is 17.1 Å². The Hall–Kier alpha value is -1.95. The van der Waals surface area contributed by atoms with Crippen molar-refractivity contribution in [3.8, 4) is 16.3 Å². The zero-order valence-electron chi connectivity index (χ0n) is 14.9. The van der Waals surface area contributed by atoms with Crippen LogP contribution in [0.25, 0.3) is 10.6 Å². The quantitative estimate of drug-likeness (QED) is 0.779. The fourth-order valence-corrected chi connectivity index (χ4v) is 4.23. The number of carbonyl (C=O) groups excluding carboxylic acids is 1. The van der Waals surface area contributed by atoms with Crippen molar-refractivity contribution in [2.75, 3.05) is 20.2 Å². The number of aromatic nitrogens is 2. The molecule has 0 bridgehead atoms. The highest BCUT2D eigenvalue weighted by Crippen LogP contribution is 2.36. The lowest BCUT2D eigenvalue weighted by Crippen LogP contribution is -2.37. The first-order chi connectivity index (χ1) is 12.2. The molecule has 25 heavy (non-hydrogen) atoms. The summed E-state index contributed by atoms with van der Waals surface area (Å²) < 4.78 is 5.42. The lowest BCUT2D eigenvalue weighted by atomic mass is 9.97. The number of hydrogen-bond acceptors (Lipinski definition) is 5. The Balaban J connectivity index is 1.63. The van der Waals surface area contributed by atoms with Crippen LogP contribution in [0.4, 0.5) is 0 Å². The molecule has 134 valence electrons.